The Balaban J connectivity index is 3.50. The van der Waals surface area contributed by atoms with Crippen molar-refractivity contribution >= 4 is 13.3 Å². The van der Waals surface area contributed by atoms with E-state index in [0.29, 0.717) is 17.8 Å². The van der Waals surface area contributed by atoms with Crippen LogP contribution in [0, 0.1) is 0 Å². The van der Waals surface area contributed by atoms with Crippen LogP contribution in [0.25, 0.3) is 0 Å². The molecule has 0 heterocycles. The highest BCUT2D eigenvalue weighted by Gasteiger charge is 2.17. The Bertz CT molecular complexity index is 362. The molecule has 0 aliphatic carbocycles. The second kappa shape index (κ2) is 5.08. The molecule has 0 aromatic heterocycles. The van der Waals surface area contributed by atoms with Crippen molar-refractivity contribution in [2.45, 2.75) is 59.3 Å². The Morgan fingerprint density at radius 2 is 1.25 bits per heavy atom. The molecule has 0 spiro atoms. The topological polar surface area (TPSA) is 0 Å². The van der Waals surface area contributed by atoms with E-state index in [9.17, 15) is 0 Å². The van der Waals surface area contributed by atoms with Crippen LogP contribution in [-0.4, -0.2) is 7.85 Å². The van der Waals surface area contributed by atoms with Crippen molar-refractivity contribution in [3.8, 4) is 0 Å². The van der Waals surface area contributed by atoms with Gasteiger partial charge in [-0.2, -0.15) is 0 Å². The predicted octanol–water partition coefficient (Wildman–Crippen LogP) is 3.85. The smallest absolute Gasteiger partial charge is 0.0930 e. The summed E-state index contributed by atoms with van der Waals surface area (Å²) in [5, 5.41) is 0. The first kappa shape index (κ1) is 13.4. The van der Waals surface area contributed by atoms with Gasteiger partial charge in [-0.15, -0.1) is 0 Å². The minimum absolute atomic E-state index is 0.496. The van der Waals surface area contributed by atoms with Crippen molar-refractivity contribution in [2.24, 2.45) is 0 Å². The average molecular weight is 214 g/mol. The number of benzene rings is 1. The van der Waals surface area contributed by atoms with Gasteiger partial charge in [0.2, 0.25) is 0 Å². The summed E-state index contributed by atoms with van der Waals surface area (Å²) in [6, 6.07) is 4.26. The van der Waals surface area contributed by atoms with Gasteiger partial charge in [0, 0.05) is 0 Å². The highest BCUT2D eigenvalue weighted by molar-refractivity contribution is 6.33. The predicted molar refractivity (Wildman–Crippen MR) is 74.1 cm³/mol. The fourth-order valence-corrected chi connectivity index (χ4v) is 2.46. The molecule has 0 saturated heterocycles. The van der Waals surface area contributed by atoms with E-state index in [1.165, 1.54) is 16.7 Å². The summed E-state index contributed by atoms with van der Waals surface area (Å²) in [4.78, 5) is 0. The summed E-state index contributed by atoms with van der Waals surface area (Å²) in [5.41, 5.74) is 5.21. The summed E-state index contributed by atoms with van der Waals surface area (Å²) < 4.78 is 0. The molecule has 1 aromatic rings. The zero-order valence-corrected chi connectivity index (χ0v) is 11.5. The monoisotopic (exact) mass is 214 g/mol. The molecule has 16 heavy (non-hydrogen) atoms. The Morgan fingerprint density at radius 1 is 0.750 bits per heavy atom. The average Bonchev–Trinajstić information content (AvgIpc) is 2.15. The largest absolute Gasteiger partial charge is 0.114 e. The second-order valence-corrected chi connectivity index (χ2v) is 5.54. The van der Waals surface area contributed by atoms with Gasteiger partial charge in [0.1, 0.15) is 7.85 Å². The van der Waals surface area contributed by atoms with E-state index >= 15 is 0 Å². The van der Waals surface area contributed by atoms with E-state index in [-0.39, 0.29) is 0 Å². The van der Waals surface area contributed by atoms with Crippen molar-refractivity contribution in [1.82, 2.24) is 0 Å². The van der Waals surface area contributed by atoms with Crippen LogP contribution in [-0.2, 0) is 0 Å². The molecule has 0 atom stereocenters. The van der Waals surface area contributed by atoms with Gasteiger partial charge in [-0.1, -0.05) is 59.1 Å². The summed E-state index contributed by atoms with van der Waals surface area (Å²) in [5.74, 6) is 1.60. The summed E-state index contributed by atoms with van der Waals surface area (Å²) >= 11 is 0. The summed E-state index contributed by atoms with van der Waals surface area (Å²) in [6.45, 7) is 13.5. The fraction of sp³-hybridized carbons (Fsp3) is 0.600. The van der Waals surface area contributed by atoms with Crippen LogP contribution in [0.5, 0.6) is 0 Å². The summed E-state index contributed by atoms with van der Waals surface area (Å²) in [7, 11) is 6.13. The van der Waals surface area contributed by atoms with Crippen LogP contribution >= 0.6 is 0 Å². The molecule has 1 rings (SSSR count). The molecule has 1 aromatic carbocycles. The zero-order chi connectivity index (χ0) is 12.5. The molecule has 0 nitrogen and oxygen atoms in total. The molecule has 86 valence electrons. The molecule has 0 unspecified atom stereocenters. The van der Waals surface area contributed by atoms with Gasteiger partial charge in [-0.3, -0.25) is 0 Å². The first-order valence-corrected chi connectivity index (χ1v) is 6.28. The van der Waals surface area contributed by atoms with E-state index in [2.05, 4.69) is 53.7 Å². The third-order valence-electron chi connectivity index (χ3n) is 3.13. The molecule has 0 aliphatic rings. The van der Waals surface area contributed by atoms with Crippen molar-refractivity contribution in [2.75, 3.05) is 0 Å². The third kappa shape index (κ3) is 2.51. The third-order valence-corrected chi connectivity index (χ3v) is 3.13. The summed E-state index contributed by atoms with van der Waals surface area (Å²) in [6.07, 6.45) is 0. The highest BCUT2D eigenvalue weighted by atomic mass is 14.2. The minimum Gasteiger partial charge on any atom is -0.0930 e. The molecule has 2 radical (unpaired) electrons. The number of hydrogen-bond acceptors (Lipinski definition) is 0. The van der Waals surface area contributed by atoms with Crippen LogP contribution in [0.2, 0.25) is 0 Å². The SMILES string of the molecule is [B]c1ccc(C(C)C)c(C(C)C)c1C(C)C. The van der Waals surface area contributed by atoms with E-state index in [4.69, 9.17) is 7.85 Å². The maximum atomic E-state index is 6.13. The first-order valence-electron chi connectivity index (χ1n) is 6.28. The van der Waals surface area contributed by atoms with Crippen molar-refractivity contribution < 1.29 is 0 Å². The van der Waals surface area contributed by atoms with Crippen LogP contribution in [0.15, 0.2) is 12.1 Å². The molecule has 0 bridgehead atoms. The lowest BCUT2D eigenvalue weighted by atomic mass is 9.76. The van der Waals surface area contributed by atoms with Crippen LogP contribution < -0.4 is 5.46 Å². The Morgan fingerprint density at radius 3 is 1.62 bits per heavy atom. The zero-order valence-electron chi connectivity index (χ0n) is 11.5. The standard InChI is InChI=1S/C15H23B/c1-9(2)12-7-8-13(16)15(11(5)6)14(12)10(3)4/h7-11H,1-6H3. The van der Waals surface area contributed by atoms with Crippen molar-refractivity contribution in [3.63, 3.8) is 0 Å². The lowest BCUT2D eigenvalue weighted by molar-refractivity contribution is 0.752. The van der Waals surface area contributed by atoms with Gasteiger partial charge in [0.05, 0.1) is 0 Å². The van der Waals surface area contributed by atoms with Gasteiger partial charge in [0.15, 0.2) is 0 Å². The maximum absolute atomic E-state index is 6.13. The Hall–Kier alpha value is -0.715. The van der Waals surface area contributed by atoms with E-state index < -0.39 is 0 Å². The van der Waals surface area contributed by atoms with Gasteiger partial charge >= 0.3 is 0 Å². The molecular formula is C15H23B. The molecule has 1 heteroatoms. The van der Waals surface area contributed by atoms with Crippen LogP contribution in [0.4, 0.5) is 0 Å². The Labute approximate surface area is 102 Å². The van der Waals surface area contributed by atoms with Gasteiger partial charge in [-0.05, 0) is 34.4 Å². The maximum Gasteiger partial charge on any atom is 0.114 e. The molecule has 0 fully saturated rings. The highest BCUT2D eigenvalue weighted by Crippen LogP contribution is 2.31. The molecule has 0 amide bonds. The van der Waals surface area contributed by atoms with Crippen molar-refractivity contribution in [3.05, 3.63) is 28.8 Å². The first-order chi connectivity index (χ1) is 7.36. The second-order valence-electron chi connectivity index (χ2n) is 5.54. The Kier molecular flexibility index (Phi) is 4.24. The molecule has 0 N–H and O–H groups in total. The normalized spacial score (nSPS) is 11.8. The lowest BCUT2D eigenvalue weighted by Gasteiger charge is -2.24. The number of rotatable bonds is 3. The van der Waals surface area contributed by atoms with E-state index in [1.807, 2.05) is 0 Å². The quantitative estimate of drug-likeness (QED) is 0.670. The van der Waals surface area contributed by atoms with Crippen LogP contribution in [0.1, 0.15) is 76.0 Å². The molecular weight excluding hydrogens is 191 g/mol. The van der Waals surface area contributed by atoms with Gasteiger partial charge in [-0.25, -0.2) is 0 Å². The molecule has 0 saturated carbocycles. The fourth-order valence-electron chi connectivity index (χ4n) is 2.46. The van der Waals surface area contributed by atoms with E-state index in [0.717, 1.165) is 5.46 Å². The number of hydrogen-bond donors (Lipinski definition) is 0. The van der Waals surface area contributed by atoms with Crippen molar-refractivity contribution in [1.29, 1.82) is 0 Å². The van der Waals surface area contributed by atoms with Gasteiger partial charge < -0.3 is 0 Å². The minimum atomic E-state index is 0.496. The van der Waals surface area contributed by atoms with Gasteiger partial charge in [0.25, 0.3) is 0 Å². The molecule has 0 aliphatic heterocycles. The lowest BCUT2D eigenvalue weighted by Crippen LogP contribution is -2.18. The van der Waals surface area contributed by atoms with E-state index in [1.54, 1.807) is 0 Å². The van der Waals surface area contributed by atoms with Crippen LogP contribution in [0.3, 0.4) is 0 Å².